The van der Waals surface area contributed by atoms with Gasteiger partial charge in [-0.15, -0.1) is 0 Å². The first-order valence-corrected chi connectivity index (χ1v) is 5.63. The maximum absolute atomic E-state index is 13.1. The van der Waals surface area contributed by atoms with Crippen molar-refractivity contribution in [3.63, 3.8) is 0 Å². The highest BCUT2D eigenvalue weighted by Crippen LogP contribution is 2.14. The number of carboxylic acid groups (broad SMARTS) is 1. The van der Waals surface area contributed by atoms with Gasteiger partial charge in [-0.25, -0.2) is 9.18 Å². The molecule has 0 saturated heterocycles. The lowest BCUT2D eigenvalue weighted by Crippen LogP contribution is -2.03. The van der Waals surface area contributed by atoms with Gasteiger partial charge in [0.2, 0.25) is 0 Å². The lowest BCUT2D eigenvalue weighted by atomic mass is 10.0. The number of aryl methyl sites for hydroxylation is 1. The Hall–Kier alpha value is -2.49. The molecule has 0 unspecified atom stereocenters. The van der Waals surface area contributed by atoms with Gasteiger partial charge in [-0.2, -0.15) is 0 Å². The molecule has 0 aliphatic rings. The van der Waals surface area contributed by atoms with E-state index >= 15 is 0 Å². The van der Waals surface area contributed by atoms with E-state index in [0.29, 0.717) is 16.7 Å². The molecule has 0 aliphatic carbocycles. The van der Waals surface area contributed by atoms with Gasteiger partial charge in [-0.3, -0.25) is 4.79 Å². The van der Waals surface area contributed by atoms with Gasteiger partial charge in [0.15, 0.2) is 5.78 Å². The van der Waals surface area contributed by atoms with Crippen LogP contribution in [0.5, 0.6) is 0 Å². The minimum Gasteiger partial charge on any atom is -0.478 e. The van der Waals surface area contributed by atoms with Gasteiger partial charge in [-0.1, -0.05) is 12.1 Å². The van der Waals surface area contributed by atoms with E-state index in [9.17, 15) is 14.0 Å². The summed E-state index contributed by atoms with van der Waals surface area (Å²) >= 11 is 0. The zero-order valence-electron chi connectivity index (χ0n) is 10.2. The maximum atomic E-state index is 13.1. The maximum Gasteiger partial charge on any atom is 0.335 e. The summed E-state index contributed by atoms with van der Waals surface area (Å²) in [5.41, 5.74) is 1.26. The van der Waals surface area contributed by atoms with Crippen LogP contribution in [-0.4, -0.2) is 16.9 Å². The van der Waals surface area contributed by atoms with Crippen LogP contribution in [0.1, 0.15) is 31.8 Å². The lowest BCUT2D eigenvalue weighted by molar-refractivity contribution is 0.0696. The summed E-state index contributed by atoms with van der Waals surface area (Å²) in [6.07, 6.45) is 0. The summed E-state index contributed by atoms with van der Waals surface area (Å²) in [5, 5.41) is 8.77. The van der Waals surface area contributed by atoms with E-state index in [1.54, 1.807) is 6.92 Å². The van der Waals surface area contributed by atoms with Crippen LogP contribution in [0.3, 0.4) is 0 Å². The summed E-state index contributed by atoms with van der Waals surface area (Å²) in [5.74, 6) is -1.67. The van der Waals surface area contributed by atoms with Gasteiger partial charge in [0.25, 0.3) is 0 Å². The van der Waals surface area contributed by atoms with E-state index < -0.39 is 5.97 Å². The molecule has 0 spiro atoms. The summed E-state index contributed by atoms with van der Waals surface area (Å²) in [6.45, 7) is 1.58. The highest BCUT2D eigenvalue weighted by molar-refractivity contribution is 6.09. The highest BCUT2D eigenvalue weighted by atomic mass is 19.1. The SMILES string of the molecule is Cc1cc(C(=O)c2ccc(C(=O)O)cc2)ccc1F. The molecule has 3 nitrogen and oxygen atoms in total. The molecule has 0 atom stereocenters. The molecule has 96 valence electrons. The number of carbonyl (C=O) groups is 2. The number of hydrogen-bond acceptors (Lipinski definition) is 2. The molecular weight excluding hydrogens is 247 g/mol. The van der Waals surface area contributed by atoms with E-state index in [-0.39, 0.29) is 17.2 Å². The van der Waals surface area contributed by atoms with Crippen molar-refractivity contribution in [2.24, 2.45) is 0 Å². The molecule has 0 aromatic heterocycles. The minimum atomic E-state index is -1.04. The number of ketones is 1. The van der Waals surface area contributed by atoms with Crippen LogP contribution in [0, 0.1) is 12.7 Å². The van der Waals surface area contributed by atoms with Crippen molar-refractivity contribution in [3.05, 3.63) is 70.5 Å². The van der Waals surface area contributed by atoms with E-state index in [2.05, 4.69) is 0 Å². The Labute approximate surface area is 109 Å². The predicted octanol–water partition coefficient (Wildman–Crippen LogP) is 3.06. The third kappa shape index (κ3) is 2.68. The van der Waals surface area contributed by atoms with Gasteiger partial charge in [0.1, 0.15) is 5.82 Å². The average molecular weight is 258 g/mol. The van der Waals surface area contributed by atoms with Crippen LogP contribution >= 0.6 is 0 Å². The van der Waals surface area contributed by atoms with E-state index in [1.165, 1.54) is 42.5 Å². The molecule has 0 aliphatic heterocycles. The molecular formula is C15H11FO3. The Bertz CT molecular complexity index is 645. The number of hydrogen-bond donors (Lipinski definition) is 1. The first-order chi connectivity index (χ1) is 8.99. The first kappa shape index (κ1) is 13.0. The molecule has 2 aromatic rings. The standard InChI is InChI=1S/C15H11FO3/c1-9-8-12(6-7-13(9)16)14(17)10-2-4-11(5-3-10)15(18)19/h2-8H,1H3,(H,18,19). The van der Waals surface area contributed by atoms with Gasteiger partial charge in [-0.05, 0) is 42.8 Å². The summed E-state index contributed by atoms with van der Waals surface area (Å²) < 4.78 is 13.1. The molecule has 2 rings (SSSR count). The summed E-state index contributed by atoms with van der Waals surface area (Å²) in [7, 11) is 0. The molecule has 19 heavy (non-hydrogen) atoms. The highest BCUT2D eigenvalue weighted by Gasteiger charge is 2.11. The van der Waals surface area contributed by atoms with Crippen LogP contribution in [0.4, 0.5) is 4.39 Å². The molecule has 1 N–H and O–H groups in total. The zero-order chi connectivity index (χ0) is 14.0. The molecule has 4 heteroatoms. The Kier molecular flexibility index (Phi) is 3.42. The number of rotatable bonds is 3. The Balaban J connectivity index is 2.33. The predicted molar refractivity (Wildman–Crippen MR) is 68.0 cm³/mol. The quantitative estimate of drug-likeness (QED) is 0.861. The van der Waals surface area contributed by atoms with Crippen molar-refractivity contribution in [2.75, 3.05) is 0 Å². The van der Waals surface area contributed by atoms with Gasteiger partial charge >= 0.3 is 5.97 Å². The molecule has 0 bridgehead atoms. The van der Waals surface area contributed by atoms with Crippen LogP contribution in [0.15, 0.2) is 42.5 Å². The van der Waals surface area contributed by atoms with E-state index in [1.807, 2.05) is 0 Å². The van der Waals surface area contributed by atoms with Crippen LogP contribution in [0.25, 0.3) is 0 Å². The number of benzene rings is 2. The average Bonchev–Trinajstić information content (AvgIpc) is 2.41. The smallest absolute Gasteiger partial charge is 0.335 e. The normalized spacial score (nSPS) is 10.2. The van der Waals surface area contributed by atoms with Crippen molar-refractivity contribution in [1.29, 1.82) is 0 Å². The van der Waals surface area contributed by atoms with E-state index in [4.69, 9.17) is 5.11 Å². The minimum absolute atomic E-state index is 0.117. The monoisotopic (exact) mass is 258 g/mol. The van der Waals surface area contributed by atoms with Crippen molar-refractivity contribution < 1.29 is 19.1 Å². The lowest BCUT2D eigenvalue weighted by Gasteiger charge is -2.04. The zero-order valence-corrected chi connectivity index (χ0v) is 10.2. The van der Waals surface area contributed by atoms with Crippen molar-refractivity contribution in [2.45, 2.75) is 6.92 Å². The fraction of sp³-hybridized carbons (Fsp3) is 0.0667. The molecule has 2 aromatic carbocycles. The molecule has 0 fully saturated rings. The second-order valence-corrected chi connectivity index (χ2v) is 4.18. The Morgan fingerprint density at radius 3 is 2.00 bits per heavy atom. The summed E-state index contributed by atoms with van der Waals surface area (Å²) in [4.78, 5) is 22.8. The van der Waals surface area contributed by atoms with Crippen molar-refractivity contribution >= 4 is 11.8 Å². The second-order valence-electron chi connectivity index (χ2n) is 4.18. The van der Waals surface area contributed by atoms with Gasteiger partial charge < -0.3 is 5.11 Å². The third-order valence-corrected chi connectivity index (χ3v) is 2.81. The molecule has 0 amide bonds. The van der Waals surface area contributed by atoms with Crippen LogP contribution in [0.2, 0.25) is 0 Å². The van der Waals surface area contributed by atoms with Crippen molar-refractivity contribution in [3.8, 4) is 0 Å². The third-order valence-electron chi connectivity index (χ3n) is 2.81. The largest absolute Gasteiger partial charge is 0.478 e. The topological polar surface area (TPSA) is 54.4 Å². The van der Waals surface area contributed by atoms with Crippen LogP contribution < -0.4 is 0 Å². The number of carboxylic acids is 1. The molecule has 0 heterocycles. The molecule has 0 radical (unpaired) electrons. The summed E-state index contributed by atoms with van der Waals surface area (Å²) in [6, 6.07) is 9.76. The van der Waals surface area contributed by atoms with Crippen LogP contribution in [-0.2, 0) is 0 Å². The van der Waals surface area contributed by atoms with Gasteiger partial charge in [0.05, 0.1) is 5.56 Å². The number of carbonyl (C=O) groups excluding carboxylic acids is 1. The number of aromatic carboxylic acids is 1. The van der Waals surface area contributed by atoms with Gasteiger partial charge in [0, 0.05) is 11.1 Å². The Morgan fingerprint density at radius 2 is 1.47 bits per heavy atom. The van der Waals surface area contributed by atoms with Crippen molar-refractivity contribution in [1.82, 2.24) is 0 Å². The Morgan fingerprint density at radius 1 is 0.947 bits per heavy atom. The van der Waals surface area contributed by atoms with E-state index in [0.717, 1.165) is 0 Å². The number of halogens is 1. The molecule has 0 saturated carbocycles. The fourth-order valence-corrected chi connectivity index (χ4v) is 1.72. The second kappa shape index (κ2) is 5.02. The fourth-order valence-electron chi connectivity index (χ4n) is 1.72. The first-order valence-electron chi connectivity index (χ1n) is 5.63.